The molecule has 0 saturated heterocycles. The third-order valence-electron chi connectivity index (χ3n) is 2.31. The molecule has 92 valence electrons. The van der Waals surface area contributed by atoms with Crippen molar-refractivity contribution in [2.45, 2.75) is 11.9 Å². The van der Waals surface area contributed by atoms with Crippen molar-refractivity contribution < 1.29 is 8.42 Å². The van der Waals surface area contributed by atoms with Crippen LogP contribution < -0.4 is 10.0 Å². The first-order valence-corrected chi connectivity index (χ1v) is 6.42. The Morgan fingerprint density at radius 1 is 1.35 bits per heavy atom. The Kier molecular flexibility index (Phi) is 2.55. The molecule has 0 amide bonds. The van der Waals surface area contributed by atoms with E-state index in [9.17, 15) is 8.42 Å². The summed E-state index contributed by atoms with van der Waals surface area (Å²) in [5.41, 5.74) is 0.799. The van der Waals surface area contributed by atoms with Crippen LogP contribution in [-0.4, -0.2) is 37.1 Å². The van der Waals surface area contributed by atoms with Crippen molar-refractivity contribution in [2.24, 2.45) is 5.14 Å². The van der Waals surface area contributed by atoms with Crippen LogP contribution in [0.4, 0.5) is 5.82 Å². The van der Waals surface area contributed by atoms with Gasteiger partial charge in [-0.1, -0.05) is 0 Å². The zero-order valence-electron chi connectivity index (χ0n) is 9.75. The number of anilines is 1. The van der Waals surface area contributed by atoms with Crippen LogP contribution in [-0.2, 0) is 10.0 Å². The number of fused-ring (bicyclic) bond motifs is 1. The second kappa shape index (κ2) is 3.67. The van der Waals surface area contributed by atoms with Gasteiger partial charge >= 0.3 is 0 Å². The topological polar surface area (TPSA) is 93.6 Å². The van der Waals surface area contributed by atoms with Crippen LogP contribution in [0.3, 0.4) is 0 Å². The van der Waals surface area contributed by atoms with Crippen LogP contribution in [0.25, 0.3) is 5.65 Å². The van der Waals surface area contributed by atoms with Crippen molar-refractivity contribution >= 4 is 21.5 Å². The molecule has 2 N–H and O–H groups in total. The third kappa shape index (κ3) is 1.96. The quantitative estimate of drug-likeness (QED) is 0.798. The van der Waals surface area contributed by atoms with Gasteiger partial charge in [-0.05, 0) is 19.1 Å². The second-order valence-electron chi connectivity index (χ2n) is 3.90. The predicted molar refractivity (Wildman–Crippen MR) is 63.4 cm³/mol. The number of aromatic nitrogens is 3. The minimum absolute atomic E-state index is 0.0730. The molecule has 0 unspecified atom stereocenters. The van der Waals surface area contributed by atoms with Crippen molar-refractivity contribution in [3.05, 3.63) is 17.8 Å². The zero-order valence-corrected chi connectivity index (χ0v) is 10.6. The Labute approximate surface area is 98.9 Å². The summed E-state index contributed by atoms with van der Waals surface area (Å²) in [6.45, 7) is 1.59. The summed E-state index contributed by atoms with van der Waals surface area (Å²) in [6.07, 6.45) is 0. The van der Waals surface area contributed by atoms with Gasteiger partial charge < -0.3 is 4.90 Å². The molecule has 2 aromatic rings. The molecule has 17 heavy (non-hydrogen) atoms. The largest absolute Gasteiger partial charge is 0.361 e. The predicted octanol–water partition coefficient (Wildman–Crippen LogP) is -0.249. The SMILES string of the molecule is Cc1nc2ccc(N(C)C)nn2c1S(N)(=O)=O. The maximum Gasteiger partial charge on any atom is 0.257 e. The smallest absolute Gasteiger partial charge is 0.257 e. The number of nitrogens with zero attached hydrogens (tertiary/aromatic N) is 4. The van der Waals surface area contributed by atoms with Crippen molar-refractivity contribution in [2.75, 3.05) is 19.0 Å². The number of nitrogens with two attached hydrogens (primary N) is 1. The molecule has 0 saturated carbocycles. The number of aryl methyl sites for hydroxylation is 1. The van der Waals surface area contributed by atoms with E-state index < -0.39 is 10.0 Å². The van der Waals surface area contributed by atoms with Gasteiger partial charge in [-0.25, -0.2) is 18.5 Å². The molecule has 2 heterocycles. The fourth-order valence-corrected chi connectivity index (χ4v) is 2.41. The van der Waals surface area contributed by atoms with E-state index in [0.717, 1.165) is 0 Å². The molecule has 0 aromatic carbocycles. The summed E-state index contributed by atoms with van der Waals surface area (Å²) in [5, 5.41) is 9.26. The molecular formula is C9H13N5O2S. The average Bonchev–Trinajstić information content (AvgIpc) is 2.51. The molecule has 0 aliphatic carbocycles. The lowest BCUT2D eigenvalue weighted by atomic mass is 10.5. The molecule has 0 aliphatic rings. The Morgan fingerprint density at radius 2 is 2.00 bits per heavy atom. The van der Waals surface area contributed by atoms with Crippen molar-refractivity contribution in [3.63, 3.8) is 0 Å². The Balaban J connectivity index is 2.83. The molecule has 0 spiro atoms. The molecule has 0 radical (unpaired) electrons. The maximum absolute atomic E-state index is 11.5. The van der Waals surface area contributed by atoms with E-state index in [-0.39, 0.29) is 5.03 Å². The van der Waals surface area contributed by atoms with Gasteiger partial charge in [0.1, 0.15) is 5.82 Å². The van der Waals surface area contributed by atoms with Gasteiger partial charge in [-0.15, -0.1) is 5.10 Å². The second-order valence-corrected chi connectivity index (χ2v) is 5.38. The van der Waals surface area contributed by atoms with Crippen LogP contribution >= 0.6 is 0 Å². The summed E-state index contributed by atoms with van der Waals surface area (Å²) in [6, 6.07) is 3.46. The fourth-order valence-electron chi connectivity index (χ4n) is 1.58. The molecule has 0 atom stereocenters. The van der Waals surface area contributed by atoms with Crippen LogP contribution in [0.15, 0.2) is 17.2 Å². The summed E-state index contributed by atoms with van der Waals surface area (Å²) in [5.74, 6) is 0.625. The van der Waals surface area contributed by atoms with Gasteiger partial charge in [0.05, 0.1) is 5.69 Å². The minimum Gasteiger partial charge on any atom is -0.361 e. The Morgan fingerprint density at radius 3 is 2.53 bits per heavy atom. The van der Waals surface area contributed by atoms with Crippen molar-refractivity contribution in [1.29, 1.82) is 0 Å². The van der Waals surface area contributed by atoms with E-state index in [4.69, 9.17) is 5.14 Å². The monoisotopic (exact) mass is 255 g/mol. The van der Waals surface area contributed by atoms with Gasteiger partial charge in [0.15, 0.2) is 10.7 Å². The highest BCUT2D eigenvalue weighted by atomic mass is 32.2. The van der Waals surface area contributed by atoms with Gasteiger partial charge in [-0.3, -0.25) is 0 Å². The number of imidazole rings is 1. The highest BCUT2D eigenvalue weighted by Gasteiger charge is 2.20. The molecule has 0 bridgehead atoms. The van der Waals surface area contributed by atoms with Gasteiger partial charge in [-0.2, -0.15) is 4.52 Å². The van der Waals surface area contributed by atoms with Crippen molar-refractivity contribution in [1.82, 2.24) is 14.6 Å². The highest BCUT2D eigenvalue weighted by Crippen LogP contribution is 2.17. The van der Waals surface area contributed by atoms with E-state index in [1.54, 1.807) is 24.0 Å². The Hall–Kier alpha value is -1.67. The first kappa shape index (κ1) is 11.8. The van der Waals surface area contributed by atoms with Crippen LogP contribution in [0.1, 0.15) is 5.69 Å². The molecule has 0 fully saturated rings. The highest BCUT2D eigenvalue weighted by molar-refractivity contribution is 7.89. The van der Waals surface area contributed by atoms with Crippen molar-refractivity contribution in [3.8, 4) is 0 Å². The normalized spacial score (nSPS) is 12.0. The lowest BCUT2D eigenvalue weighted by molar-refractivity contribution is 0.588. The molecular weight excluding hydrogens is 242 g/mol. The summed E-state index contributed by atoms with van der Waals surface area (Å²) < 4.78 is 24.2. The standard InChI is InChI=1S/C9H13N5O2S/c1-6-9(17(10,15)16)14-7(11-6)4-5-8(12-14)13(2)3/h4-5H,1-3H3,(H2,10,15,16). The van der Waals surface area contributed by atoms with E-state index in [1.165, 1.54) is 4.52 Å². The maximum atomic E-state index is 11.5. The Bertz CT molecular complexity index is 674. The third-order valence-corrected chi connectivity index (χ3v) is 3.32. The van der Waals surface area contributed by atoms with E-state index in [2.05, 4.69) is 10.1 Å². The molecule has 2 aromatic heterocycles. The molecule has 7 nitrogen and oxygen atoms in total. The fraction of sp³-hybridized carbons (Fsp3) is 0.333. The number of primary sulfonamides is 1. The number of hydrogen-bond acceptors (Lipinski definition) is 5. The summed E-state index contributed by atoms with van der Waals surface area (Å²) in [4.78, 5) is 5.87. The molecule has 2 rings (SSSR count). The molecule has 8 heteroatoms. The number of rotatable bonds is 2. The van der Waals surface area contributed by atoms with E-state index in [1.807, 2.05) is 14.1 Å². The zero-order chi connectivity index (χ0) is 12.8. The van der Waals surface area contributed by atoms with Gasteiger partial charge in [0, 0.05) is 14.1 Å². The summed E-state index contributed by atoms with van der Waals surface area (Å²) in [7, 11) is -0.212. The lowest BCUT2D eigenvalue weighted by Gasteiger charge is -2.10. The lowest BCUT2D eigenvalue weighted by Crippen LogP contribution is -2.18. The number of hydrogen-bond donors (Lipinski definition) is 1. The van der Waals surface area contributed by atoms with Crippen LogP contribution in [0.5, 0.6) is 0 Å². The molecule has 0 aliphatic heterocycles. The first-order valence-electron chi connectivity index (χ1n) is 4.87. The first-order chi connectivity index (χ1) is 7.80. The number of sulfonamides is 1. The van der Waals surface area contributed by atoms with E-state index >= 15 is 0 Å². The average molecular weight is 255 g/mol. The van der Waals surface area contributed by atoms with Crippen LogP contribution in [0, 0.1) is 6.92 Å². The van der Waals surface area contributed by atoms with Gasteiger partial charge in [0.2, 0.25) is 0 Å². The van der Waals surface area contributed by atoms with E-state index in [0.29, 0.717) is 17.2 Å². The van der Waals surface area contributed by atoms with Gasteiger partial charge in [0.25, 0.3) is 10.0 Å². The summed E-state index contributed by atoms with van der Waals surface area (Å²) >= 11 is 0. The van der Waals surface area contributed by atoms with Crippen LogP contribution in [0.2, 0.25) is 0 Å². The minimum atomic E-state index is -3.84.